The van der Waals surface area contributed by atoms with E-state index in [0.29, 0.717) is 21.9 Å². The summed E-state index contributed by atoms with van der Waals surface area (Å²) < 4.78 is 0. The van der Waals surface area contributed by atoms with Crippen molar-refractivity contribution in [1.82, 2.24) is 0 Å². The van der Waals surface area contributed by atoms with Crippen LogP contribution in [0.2, 0.25) is 0 Å². The summed E-state index contributed by atoms with van der Waals surface area (Å²) in [7, 11) is 0. The van der Waals surface area contributed by atoms with Gasteiger partial charge < -0.3 is 20.4 Å². The van der Waals surface area contributed by atoms with Crippen LogP contribution < -0.4 is 9.80 Å². The minimum absolute atomic E-state index is 0.302. The zero-order valence-electron chi connectivity index (χ0n) is 18.8. The summed E-state index contributed by atoms with van der Waals surface area (Å²) >= 11 is 12.5. The molecule has 0 bridgehead atoms. The molecule has 4 amide bonds. The van der Waals surface area contributed by atoms with Gasteiger partial charge in [0.05, 0.1) is 33.6 Å². The summed E-state index contributed by atoms with van der Waals surface area (Å²) in [6.45, 7) is 0. The van der Waals surface area contributed by atoms with Crippen molar-refractivity contribution in [3.8, 4) is 0 Å². The van der Waals surface area contributed by atoms with Crippen LogP contribution in [-0.2, 0) is 19.2 Å². The molecule has 16 heteroatoms. The van der Waals surface area contributed by atoms with Crippen molar-refractivity contribution >= 4 is 82.1 Å². The second kappa shape index (κ2) is 9.18. The number of carbonyl (C=O) groups excluding carboxylic acids is 4. The summed E-state index contributed by atoms with van der Waals surface area (Å²) in [6, 6.07) is 4.83. The largest absolute Gasteiger partial charge is 0.478 e. The molecule has 2 aromatic rings. The standard InChI is InChI=1S/C23H12Cl2N2O12/c24-13-15(28)26(7-1-3-9(17(30)31)11(5-7)19(34)35)21(38)23(13)14(25)16(29)27(22(23)39)8-2-4-10(18(32)33)12(6-8)20(36)37/h1-6,13-14H,(H,30,31)(H,32,33)(H,34,35)(H,36,37)/t13-,14?,23?/m0/s1. The Balaban J connectivity index is 1.84. The maximum Gasteiger partial charge on any atom is 0.336 e. The fourth-order valence-corrected chi connectivity index (χ4v) is 5.28. The first kappa shape index (κ1) is 27.2. The smallest absolute Gasteiger partial charge is 0.336 e. The predicted molar refractivity (Wildman–Crippen MR) is 127 cm³/mol. The number of hydrogen-bond donors (Lipinski definition) is 4. The first-order valence-corrected chi connectivity index (χ1v) is 11.3. The molecule has 4 rings (SSSR count). The SMILES string of the molecule is O=C(O)c1ccc(N2C(=O)C(Cl)C3(C2=O)C(=O)N(c2ccc(C(=O)O)c(C(=O)O)c2)C(=O)[C@@H]3Cl)cc1C(=O)O. The number of hydrogen-bond acceptors (Lipinski definition) is 8. The highest BCUT2D eigenvalue weighted by molar-refractivity contribution is 6.55. The molecule has 200 valence electrons. The number of alkyl halides is 2. The summed E-state index contributed by atoms with van der Waals surface area (Å²) in [5.41, 5.74) is -6.66. The van der Waals surface area contributed by atoms with E-state index in [4.69, 9.17) is 23.2 Å². The lowest BCUT2D eigenvalue weighted by Gasteiger charge is -2.23. The number of amides is 4. The zero-order valence-corrected chi connectivity index (χ0v) is 20.3. The van der Waals surface area contributed by atoms with Crippen LogP contribution in [-0.4, -0.2) is 78.7 Å². The van der Waals surface area contributed by atoms with Gasteiger partial charge >= 0.3 is 23.9 Å². The molecule has 14 nitrogen and oxygen atoms in total. The lowest BCUT2D eigenvalue weighted by molar-refractivity contribution is -0.135. The Hall–Kier alpha value is -4.82. The van der Waals surface area contributed by atoms with Gasteiger partial charge in [0.15, 0.2) is 5.41 Å². The molecule has 2 aliphatic heterocycles. The highest BCUT2D eigenvalue weighted by atomic mass is 35.5. The van der Waals surface area contributed by atoms with Crippen molar-refractivity contribution in [2.24, 2.45) is 5.41 Å². The van der Waals surface area contributed by atoms with E-state index in [0.717, 1.165) is 24.3 Å². The van der Waals surface area contributed by atoms with E-state index in [1.807, 2.05) is 0 Å². The number of rotatable bonds is 6. The number of imide groups is 2. The highest BCUT2D eigenvalue weighted by Gasteiger charge is 2.74. The molecule has 0 saturated carbocycles. The van der Waals surface area contributed by atoms with Gasteiger partial charge in [0.2, 0.25) is 0 Å². The van der Waals surface area contributed by atoms with Crippen LogP contribution in [0.5, 0.6) is 0 Å². The number of carbonyl (C=O) groups is 8. The number of benzene rings is 2. The number of nitrogens with zero attached hydrogens (tertiary/aromatic N) is 2. The fraction of sp³-hybridized carbons (Fsp3) is 0.130. The summed E-state index contributed by atoms with van der Waals surface area (Å²) in [5, 5.41) is 33.0. The van der Waals surface area contributed by atoms with Crippen molar-refractivity contribution in [2.75, 3.05) is 9.80 Å². The van der Waals surface area contributed by atoms with Crippen LogP contribution >= 0.6 is 23.2 Å². The molecule has 0 aromatic heterocycles. The van der Waals surface area contributed by atoms with Gasteiger partial charge in [-0.3, -0.25) is 19.2 Å². The van der Waals surface area contributed by atoms with Gasteiger partial charge in [0.25, 0.3) is 23.6 Å². The van der Waals surface area contributed by atoms with E-state index in [1.165, 1.54) is 0 Å². The molecule has 0 radical (unpaired) electrons. The number of anilines is 2. The first-order chi connectivity index (χ1) is 18.2. The van der Waals surface area contributed by atoms with Crippen molar-refractivity contribution in [1.29, 1.82) is 0 Å². The topological polar surface area (TPSA) is 224 Å². The third kappa shape index (κ3) is 3.72. The minimum Gasteiger partial charge on any atom is -0.478 e. The minimum atomic E-state index is -2.76. The first-order valence-electron chi connectivity index (χ1n) is 10.4. The molecule has 3 atom stereocenters. The highest BCUT2D eigenvalue weighted by Crippen LogP contribution is 2.50. The van der Waals surface area contributed by atoms with E-state index in [1.54, 1.807) is 0 Å². The molecule has 2 saturated heterocycles. The summed E-state index contributed by atoms with van der Waals surface area (Å²) in [5.74, 6) is -12.1. The number of halogens is 2. The van der Waals surface area contributed by atoms with E-state index in [9.17, 15) is 58.8 Å². The summed E-state index contributed by atoms with van der Waals surface area (Å²) in [4.78, 5) is 99.9. The van der Waals surface area contributed by atoms with Gasteiger partial charge in [-0.1, -0.05) is 0 Å². The third-order valence-corrected chi connectivity index (χ3v) is 7.29. The predicted octanol–water partition coefficient (Wildman–Crippen LogP) is 1.13. The molecule has 1 spiro atoms. The van der Waals surface area contributed by atoms with E-state index < -0.39 is 97.3 Å². The second-order valence-electron chi connectivity index (χ2n) is 8.23. The normalized spacial score (nSPS) is 22.6. The van der Waals surface area contributed by atoms with Gasteiger partial charge in [-0.05, 0) is 36.4 Å². The molecular weight excluding hydrogens is 567 g/mol. The molecule has 2 fully saturated rings. The van der Waals surface area contributed by atoms with E-state index >= 15 is 0 Å². The Morgan fingerprint density at radius 2 is 0.897 bits per heavy atom. The molecule has 39 heavy (non-hydrogen) atoms. The Bertz CT molecular complexity index is 1450. The number of aromatic carboxylic acids is 4. The average molecular weight is 579 g/mol. The zero-order chi connectivity index (χ0) is 29.1. The van der Waals surface area contributed by atoms with Gasteiger partial charge in [0, 0.05) is 0 Å². The molecule has 0 aliphatic carbocycles. The average Bonchev–Trinajstić information content (AvgIpc) is 3.20. The second-order valence-corrected chi connectivity index (χ2v) is 9.10. The maximum atomic E-state index is 13.6. The fourth-order valence-electron chi connectivity index (χ4n) is 4.40. The van der Waals surface area contributed by atoms with E-state index in [-0.39, 0.29) is 0 Å². The van der Waals surface area contributed by atoms with Crippen LogP contribution in [0.4, 0.5) is 11.4 Å². The number of carboxylic acids is 4. The van der Waals surface area contributed by atoms with Crippen LogP contribution in [0.25, 0.3) is 0 Å². The molecular formula is C23H12Cl2N2O12. The molecule has 2 heterocycles. The van der Waals surface area contributed by atoms with Crippen LogP contribution in [0.15, 0.2) is 36.4 Å². The Kier molecular flexibility index (Phi) is 6.41. The Labute approximate surface area is 225 Å². The Morgan fingerprint density at radius 1 is 0.590 bits per heavy atom. The van der Waals surface area contributed by atoms with Gasteiger partial charge in [-0.2, -0.15) is 0 Å². The van der Waals surface area contributed by atoms with Crippen molar-refractivity contribution in [3.63, 3.8) is 0 Å². The van der Waals surface area contributed by atoms with Gasteiger partial charge in [0.1, 0.15) is 10.8 Å². The summed E-state index contributed by atoms with van der Waals surface area (Å²) in [6.07, 6.45) is 0. The van der Waals surface area contributed by atoms with E-state index in [2.05, 4.69) is 0 Å². The molecule has 4 N–H and O–H groups in total. The maximum absolute atomic E-state index is 13.6. The van der Waals surface area contributed by atoms with Crippen molar-refractivity contribution in [3.05, 3.63) is 58.7 Å². The van der Waals surface area contributed by atoms with Crippen LogP contribution in [0.1, 0.15) is 41.4 Å². The molecule has 2 unspecified atom stereocenters. The molecule has 2 aliphatic rings. The lowest BCUT2D eigenvalue weighted by Crippen LogP contribution is -2.48. The van der Waals surface area contributed by atoms with Gasteiger partial charge in [-0.25, -0.2) is 29.0 Å². The van der Waals surface area contributed by atoms with Gasteiger partial charge in [-0.15, -0.1) is 23.2 Å². The Morgan fingerprint density at radius 3 is 1.18 bits per heavy atom. The van der Waals surface area contributed by atoms with Crippen molar-refractivity contribution < 1.29 is 58.8 Å². The van der Waals surface area contributed by atoms with Crippen molar-refractivity contribution in [2.45, 2.75) is 10.8 Å². The lowest BCUT2D eigenvalue weighted by atomic mass is 9.83. The third-order valence-electron chi connectivity index (χ3n) is 6.23. The monoisotopic (exact) mass is 578 g/mol. The molecule has 2 aromatic carbocycles. The number of carboxylic acid groups (broad SMARTS) is 4. The van der Waals surface area contributed by atoms with Crippen LogP contribution in [0, 0.1) is 5.41 Å². The quantitative estimate of drug-likeness (QED) is 0.215. The van der Waals surface area contributed by atoms with Crippen LogP contribution in [0.3, 0.4) is 0 Å².